The van der Waals surface area contributed by atoms with E-state index in [9.17, 15) is 0 Å². The van der Waals surface area contributed by atoms with E-state index in [0.29, 0.717) is 5.92 Å². The van der Waals surface area contributed by atoms with E-state index >= 15 is 0 Å². The molecule has 0 spiro atoms. The molecule has 15 heavy (non-hydrogen) atoms. The van der Waals surface area contributed by atoms with Gasteiger partial charge in [-0.15, -0.1) is 0 Å². The Labute approximate surface area is 90.4 Å². The fourth-order valence-corrected chi connectivity index (χ4v) is 1.47. The number of nitrogens with two attached hydrogens (primary N) is 1. The highest BCUT2D eigenvalue weighted by Gasteiger charge is 1.94. The van der Waals surface area contributed by atoms with Gasteiger partial charge in [0.1, 0.15) is 0 Å². The van der Waals surface area contributed by atoms with Crippen molar-refractivity contribution >= 4 is 12.3 Å². The molecule has 3 heteroatoms. The van der Waals surface area contributed by atoms with E-state index in [1.807, 2.05) is 0 Å². The third-order valence-electron chi connectivity index (χ3n) is 2.41. The summed E-state index contributed by atoms with van der Waals surface area (Å²) in [5.41, 5.74) is 6.87. The van der Waals surface area contributed by atoms with Gasteiger partial charge in [-0.25, -0.2) is 0 Å². The zero-order valence-electron chi connectivity index (χ0n) is 9.62. The number of aromatic amines is 1. The molecule has 1 aromatic rings. The lowest BCUT2D eigenvalue weighted by Crippen LogP contribution is -2.24. The minimum Gasteiger partial charge on any atom is -0.403 e. The van der Waals surface area contributed by atoms with Crippen LogP contribution >= 0.6 is 0 Å². The Hall–Kier alpha value is -1.51. The second-order valence-corrected chi connectivity index (χ2v) is 3.80. The summed E-state index contributed by atoms with van der Waals surface area (Å²) in [6, 6.07) is 0. The first-order valence-corrected chi connectivity index (χ1v) is 5.27. The average Bonchev–Trinajstić information content (AvgIpc) is 2.64. The molecule has 1 heterocycles. The molecule has 0 aliphatic carbocycles. The van der Waals surface area contributed by atoms with Crippen molar-refractivity contribution in [3.63, 3.8) is 0 Å². The Morgan fingerprint density at radius 3 is 3.00 bits per heavy atom. The summed E-state index contributed by atoms with van der Waals surface area (Å²) in [5, 5.41) is 8.74. The average molecular weight is 205 g/mol. The number of rotatable bonds is 3. The number of allylic oxidation sites excluding steroid dienone is 2. The van der Waals surface area contributed by atoms with Crippen molar-refractivity contribution < 1.29 is 0 Å². The number of H-pyrrole nitrogens is 1. The van der Waals surface area contributed by atoms with Gasteiger partial charge in [-0.1, -0.05) is 31.6 Å². The molecule has 1 unspecified atom stereocenters. The van der Waals surface area contributed by atoms with Crippen LogP contribution in [0, 0.1) is 5.92 Å². The molecule has 0 amide bonds. The van der Waals surface area contributed by atoms with E-state index in [2.05, 4.69) is 43.1 Å². The highest BCUT2D eigenvalue weighted by Crippen LogP contribution is 2.06. The maximum absolute atomic E-state index is 5.47. The fraction of sp³-hybridized carbons (Fsp3) is 0.417. The van der Waals surface area contributed by atoms with Crippen LogP contribution in [0.2, 0.25) is 0 Å². The van der Waals surface area contributed by atoms with Crippen LogP contribution in [0.25, 0.3) is 12.3 Å². The summed E-state index contributed by atoms with van der Waals surface area (Å²) < 4.78 is 0. The zero-order chi connectivity index (χ0) is 11.3. The number of nitrogens with one attached hydrogen (secondary N) is 1. The van der Waals surface area contributed by atoms with Crippen LogP contribution in [0.4, 0.5) is 0 Å². The Morgan fingerprint density at radius 1 is 1.67 bits per heavy atom. The van der Waals surface area contributed by atoms with E-state index in [1.165, 1.54) is 5.57 Å². The van der Waals surface area contributed by atoms with E-state index < -0.39 is 0 Å². The topological polar surface area (TPSA) is 54.7 Å². The van der Waals surface area contributed by atoms with E-state index in [0.717, 1.165) is 17.0 Å². The summed E-state index contributed by atoms with van der Waals surface area (Å²) in [6.45, 7) is 6.47. The Kier molecular flexibility index (Phi) is 4.16. The monoisotopic (exact) mass is 205 g/mol. The lowest BCUT2D eigenvalue weighted by Gasteiger charge is -2.00. The maximum atomic E-state index is 5.47. The van der Waals surface area contributed by atoms with Gasteiger partial charge >= 0.3 is 0 Å². The van der Waals surface area contributed by atoms with Gasteiger partial charge in [0.05, 0.1) is 11.5 Å². The normalized spacial score (nSPS) is 17.1. The van der Waals surface area contributed by atoms with Crippen molar-refractivity contribution in [3.8, 4) is 0 Å². The molecule has 0 aliphatic rings. The largest absolute Gasteiger partial charge is 0.403 e. The molecule has 0 radical (unpaired) electrons. The molecular weight excluding hydrogens is 186 g/mol. The number of hydrogen-bond acceptors (Lipinski definition) is 2. The molecule has 0 saturated heterocycles. The molecule has 0 aliphatic heterocycles. The zero-order valence-corrected chi connectivity index (χ0v) is 9.62. The Bertz CT molecular complexity index is 440. The van der Waals surface area contributed by atoms with Gasteiger partial charge in [-0.05, 0) is 19.3 Å². The van der Waals surface area contributed by atoms with E-state index in [-0.39, 0.29) is 0 Å². The molecule has 3 nitrogen and oxygen atoms in total. The van der Waals surface area contributed by atoms with Crippen LogP contribution < -0.4 is 16.3 Å². The summed E-state index contributed by atoms with van der Waals surface area (Å²) in [6.07, 6.45) is 8.85. The lowest BCUT2D eigenvalue weighted by molar-refractivity contribution is 0.949. The van der Waals surface area contributed by atoms with Crippen molar-refractivity contribution in [2.45, 2.75) is 27.2 Å². The first-order chi connectivity index (χ1) is 7.17. The molecule has 0 saturated carbocycles. The van der Waals surface area contributed by atoms with E-state index in [4.69, 9.17) is 5.73 Å². The predicted molar refractivity (Wildman–Crippen MR) is 64.2 cm³/mol. The quantitative estimate of drug-likeness (QED) is 0.720. The van der Waals surface area contributed by atoms with Crippen molar-refractivity contribution in [2.24, 2.45) is 11.7 Å². The van der Waals surface area contributed by atoms with Crippen LogP contribution in [0.3, 0.4) is 0 Å². The lowest BCUT2D eigenvalue weighted by atomic mass is 10.1. The summed E-state index contributed by atoms with van der Waals surface area (Å²) in [7, 11) is 0. The van der Waals surface area contributed by atoms with Crippen molar-refractivity contribution in [3.05, 3.63) is 28.4 Å². The van der Waals surface area contributed by atoms with Gasteiger partial charge in [-0.3, -0.25) is 5.10 Å². The van der Waals surface area contributed by atoms with Crippen molar-refractivity contribution in [1.29, 1.82) is 0 Å². The van der Waals surface area contributed by atoms with Crippen molar-refractivity contribution in [2.75, 3.05) is 0 Å². The molecule has 3 N–H and O–H groups in total. The van der Waals surface area contributed by atoms with Gasteiger partial charge < -0.3 is 5.73 Å². The Balaban J connectivity index is 2.98. The van der Waals surface area contributed by atoms with Crippen LogP contribution in [-0.4, -0.2) is 10.2 Å². The highest BCUT2D eigenvalue weighted by atomic mass is 15.1. The van der Waals surface area contributed by atoms with Crippen molar-refractivity contribution in [1.82, 2.24) is 10.2 Å². The minimum absolute atomic E-state index is 0.404. The third kappa shape index (κ3) is 3.27. The third-order valence-corrected chi connectivity index (χ3v) is 2.41. The van der Waals surface area contributed by atoms with Gasteiger partial charge in [0, 0.05) is 11.4 Å². The predicted octanol–water partition coefficient (Wildman–Crippen LogP) is 0.879. The molecule has 0 bridgehead atoms. The molecule has 0 fully saturated rings. The molecular formula is C12H19N3. The standard InChI is InChI=1S/C12H19N3/c1-4-9(2)5-10(3)6-11-8-14-15-12(11)7-13/h5-8,10,15H,4,13H2,1-3H3/b9-5+,11-6-,12-7+. The molecule has 0 aromatic carbocycles. The van der Waals surface area contributed by atoms with Gasteiger partial charge in [0.15, 0.2) is 0 Å². The second-order valence-electron chi connectivity index (χ2n) is 3.80. The Morgan fingerprint density at radius 2 is 2.40 bits per heavy atom. The minimum atomic E-state index is 0.404. The second kappa shape index (κ2) is 5.39. The first kappa shape index (κ1) is 11.6. The molecule has 1 rings (SSSR count). The molecule has 1 atom stereocenters. The summed E-state index contributed by atoms with van der Waals surface area (Å²) in [5.74, 6) is 0.404. The number of nitrogens with zero attached hydrogens (tertiary/aromatic N) is 1. The number of aromatic nitrogens is 2. The van der Waals surface area contributed by atoms with Gasteiger partial charge in [0.2, 0.25) is 0 Å². The van der Waals surface area contributed by atoms with E-state index in [1.54, 1.807) is 12.4 Å². The van der Waals surface area contributed by atoms with Crippen LogP contribution in [0.1, 0.15) is 27.2 Å². The van der Waals surface area contributed by atoms with Crippen LogP contribution in [0.5, 0.6) is 0 Å². The molecule has 82 valence electrons. The van der Waals surface area contributed by atoms with Gasteiger partial charge in [0.25, 0.3) is 0 Å². The summed E-state index contributed by atoms with van der Waals surface area (Å²) >= 11 is 0. The SMILES string of the molecule is CC/C(C)=C/C(C)/C=c1/cn[nH]/c1=C/N. The highest BCUT2D eigenvalue weighted by molar-refractivity contribution is 5.31. The smallest absolute Gasteiger partial charge is 0.0801 e. The maximum Gasteiger partial charge on any atom is 0.0801 e. The molecule has 1 aromatic heterocycles. The van der Waals surface area contributed by atoms with Crippen LogP contribution in [0.15, 0.2) is 17.8 Å². The summed E-state index contributed by atoms with van der Waals surface area (Å²) in [4.78, 5) is 0. The number of hydrogen-bond donors (Lipinski definition) is 2. The van der Waals surface area contributed by atoms with Crippen LogP contribution in [-0.2, 0) is 0 Å². The first-order valence-electron chi connectivity index (χ1n) is 5.27. The fourth-order valence-electron chi connectivity index (χ4n) is 1.47. The van der Waals surface area contributed by atoms with Gasteiger partial charge in [-0.2, -0.15) is 5.10 Å².